The third-order valence-corrected chi connectivity index (χ3v) is 4.63. The van der Waals surface area contributed by atoms with E-state index in [9.17, 15) is 0 Å². The van der Waals surface area contributed by atoms with Gasteiger partial charge >= 0.3 is 0 Å². The van der Waals surface area contributed by atoms with Crippen LogP contribution in [0.2, 0.25) is 0 Å². The Labute approximate surface area is 180 Å². The number of nitrogens with zero attached hydrogens (tertiary/aromatic N) is 4. The third-order valence-electron chi connectivity index (χ3n) is 4.63. The van der Waals surface area contributed by atoms with Gasteiger partial charge in [0.25, 0.3) is 0 Å². The fourth-order valence-electron chi connectivity index (χ4n) is 2.97. The number of nitrogens with one attached hydrogen (secondary N) is 2. The van der Waals surface area contributed by atoms with E-state index in [1.54, 1.807) is 13.4 Å². The van der Waals surface area contributed by atoms with Gasteiger partial charge in [-0.05, 0) is 37.5 Å². The molecule has 0 amide bonds. The molecule has 1 unspecified atom stereocenters. The molecule has 30 heavy (non-hydrogen) atoms. The minimum atomic E-state index is 0.0570. The van der Waals surface area contributed by atoms with E-state index >= 15 is 0 Å². The average Bonchev–Trinajstić information content (AvgIpc) is 3.23. The molecule has 0 saturated heterocycles. The lowest BCUT2D eigenvalue weighted by atomic mass is 10.1. The quantitative estimate of drug-likeness (QED) is 0.408. The fraction of sp³-hybridized carbons (Fsp3) is 0.591. The maximum Gasteiger partial charge on any atom is 0.191 e. The number of aryl methyl sites for hydroxylation is 1. The molecule has 166 valence electrons. The largest absolute Gasteiger partial charge is 0.490 e. The van der Waals surface area contributed by atoms with Crippen LogP contribution in [0, 0.1) is 0 Å². The molecule has 0 aliphatic heterocycles. The Morgan fingerprint density at radius 2 is 1.87 bits per heavy atom. The van der Waals surface area contributed by atoms with Gasteiger partial charge in [-0.25, -0.2) is 0 Å². The van der Waals surface area contributed by atoms with Crippen LogP contribution in [-0.2, 0) is 13.0 Å². The van der Waals surface area contributed by atoms with E-state index in [1.165, 1.54) is 0 Å². The number of guanidine groups is 1. The van der Waals surface area contributed by atoms with E-state index < -0.39 is 0 Å². The molecule has 1 aromatic heterocycles. The number of ether oxygens (including phenoxy) is 2. The van der Waals surface area contributed by atoms with Crippen LogP contribution in [0.3, 0.4) is 0 Å². The van der Waals surface area contributed by atoms with E-state index in [-0.39, 0.29) is 6.04 Å². The van der Waals surface area contributed by atoms with Gasteiger partial charge in [0, 0.05) is 26.6 Å². The maximum atomic E-state index is 5.92. The molecule has 0 aliphatic carbocycles. The lowest BCUT2D eigenvalue weighted by Gasteiger charge is -2.20. The van der Waals surface area contributed by atoms with Crippen LogP contribution in [0.5, 0.6) is 11.5 Å². The van der Waals surface area contributed by atoms with Gasteiger partial charge in [0.05, 0.1) is 19.3 Å². The number of hydrogen-bond acceptors (Lipinski definition) is 5. The highest BCUT2D eigenvalue weighted by Gasteiger charge is 2.13. The zero-order chi connectivity index (χ0) is 21.8. The Bertz CT molecular complexity index is 790. The first-order chi connectivity index (χ1) is 14.6. The van der Waals surface area contributed by atoms with Crippen LogP contribution in [-0.4, -0.2) is 47.5 Å². The second kappa shape index (κ2) is 12.7. The van der Waals surface area contributed by atoms with Crippen molar-refractivity contribution in [3.8, 4) is 11.5 Å². The van der Waals surface area contributed by atoms with Crippen molar-refractivity contribution in [1.29, 1.82) is 0 Å². The molecule has 0 fully saturated rings. The number of aliphatic imine (C=N–C) groups is 1. The highest BCUT2D eigenvalue weighted by molar-refractivity contribution is 5.80. The van der Waals surface area contributed by atoms with E-state index in [1.807, 2.05) is 6.07 Å². The number of aromatic nitrogens is 3. The predicted molar refractivity (Wildman–Crippen MR) is 120 cm³/mol. The maximum absolute atomic E-state index is 5.92. The van der Waals surface area contributed by atoms with Crippen molar-refractivity contribution in [2.24, 2.45) is 4.99 Å². The lowest BCUT2D eigenvalue weighted by molar-refractivity contribution is 0.268. The van der Waals surface area contributed by atoms with E-state index in [0.717, 1.165) is 61.2 Å². The molecule has 2 rings (SSSR count). The van der Waals surface area contributed by atoms with Crippen LogP contribution in [0.25, 0.3) is 0 Å². The van der Waals surface area contributed by atoms with Crippen molar-refractivity contribution in [2.75, 3.05) is 26.8 Å². The summed E-state index contributed by atoms with van der Waals surface area (Å²) in [7, 11) is 1.77. The van der Waals surface area contributed by atoms with Gasteiger partial charge in [0.15, 0.2) is 17.5 Å². The minimum Gasteiger partial charge on any atom is -0.490 e. The summed E-state index contributed by atoms with van der Waals surface area (Å²) in [4.78, 5) is 4.34. The highest BCUT2D eigenvalue weighted by atomic mass is 16.5. The molecular weight excluding hydrogens is 380 g/mol. The molecule has 1 atom stereocenters. The molecule has 1 heterocycles. The van der Waals surface area contributed by atoms with Crippen molar-refractivity contribution in [3.05, 3.63) is 35.9 Å². The monoisotopic (exact) mass is 416 g/mol. The highest BCUT2D eigenvalue weighted by Crippen LogP contribution is 2.31. The standard InChI is InChI=1S/C22H36N6O2/c1-6-13-29-19-10-9-18(15-20(19)30-14-7-2)17(4)26-22(23-5)24-11-12-28-16-25-27-21(28)8-3/h9-10,15-17H,6-8,11-14H2,1-5H3,(H2,23,24,26). The summed E-state index contributed by atoms with van der Waals surface area (Å²) in [5, 5.41) is 14.9. The summed E-state index contributed by atoms with van der Waals surface area (Å²) in [6.45, 7) is 11.2. The SMILES string of the molecule is CCCOc1ccc(C(C)NC(=NC)NCCn2cnnc2CC)cc1OCCC. The average molecular weight is 417 g/mol. The van der Waals surface area contributed by atoms with Crippen LogP contribution >= 0.6 is 0 Å². The molecule has 0 spiro atoms. The van der Waals surface area contributed by atoms with E-state index in [2.05, 4.69) is 70.2 Å². The van der Waals surface area contributed by atoms with E-state index in [0.29, 0.717) is 13.2 Å². The molecule has 0 radical (unpaired) electrons. The van der Waals surface area contributed by atoms with Gasteiger partial charge in [0.2, 0.25) is 0 Å². The first-order valence-electron chi connectivity index (χ1n) is 10.9. The first kappa shape index (κ1) is 23.5. The number of rotatable bonds is 12. The summed E-state index contributed by atoms with van der Waals surface area (Å²) in [5.41, 5.74) is 1.11. The summed E-state index contributed by atoms with van der Waals surface area (Å²) in [6, 6.07) is 6.17. The van der Waals surface area contributed by atoms with E-state index in [4.69, 9.17) is 9.47 Å². The third kappa shape index (κ3) is 6.93. The summed E-state index contributed by atoms with van der Waals surface area (Å²) >= 11 is 0. The second-order valence-electron chi connectivity index (χ2n) is 7.06. The number of benzene rings is 1. The van der Waals surface area contributed by atoms with Gasteiger partial charge in [-0.1, -0.05) is 26.8 Å². The Kier molecular flexibility index (Phi) is 9.97. The normalized spacial score (nSPS) is 12.5. The van der Waals surface area contributed by atoms with Crippen LogP contribution < -0.4 is 20.1 Å². The molecule has 2 N–H and O–H groups in total. The van der Waals surface area contributed by atoms with Crippen LogP contribution in [0.15, 0.2) is 29.5 Å². The zero-order valence-electron chi connectivity index (χ0n) is 18.9. The lowest BCUT2D eigenvalue weighted by Crippen LogP contribution is -2.40. The topological polar surface area (TPSA) is 85.6 Å². The second-order valence-corrected chi connectivity index (χ2v) is 7.06. The summed E-state index contributed by atoms with van der Waals surface area (Å²) < 4.78 is 13.8. The van der Waals surface area contributed by atoms with Crippen molar-refractivity contribution in [1.82, 2.24) is 25.4 Å². The Balaban J connectivity index is 1.97. The van der Waals surface area contributed by atoms with Gasteiger partial charge < -0.3 is 24.7 Å². The van der Waals surface area contributed by atoms with Crippen molar-refractivity contribution in [3.63, 3.8) is 0 Å². The summed E-state index contributed by atoms with van der Waals surface area (Å²) in [5.74, 6) is 3.32. The molecule has 0 bridgehead atoms. The van der Waals surface area contributed by atoms with Gasteiger partial charge in [0.1, 0.15) is 12.2 Å². The Morgan fingerprint density at radius 3 is 2.53 bits per heavy atom. The smallest absolute Gasteiger partial charge is 0.191 e. The van der Waals surface area contributed by atoms with Crippen molar-refractivity contribution >= 4 is 5.96 Å². The molecule has 0 saturated carbocycles. The molecule has 2 aromatic rings. The van der Waals surface area contributed by atoms with Crippen LogP contribution in [0.1, 0.15) is 58.0 Å². The first-order valence-corrected chi connectivity index (χ1v) is 10.9. The van der Waals surface area contributed by atoms with Gasteiger partial charge in [-0.15, -0.1) is 10.2 Å². The fourth-order valence-corrected chi connectivity index (χ4v) is 2.97. The molecule has 0 aliphatic rings. The van der Waals surface area contributed by atoms with Crippen molar-refractivity contribution < 1.29 is 9.47 Å². The number of hydrogen-bond donors (Lipinski definition) is 2. The Morgan fingerprint density at radius 1 is 1.13 bits per heavy atom. The zero-order valence-corrected chi connectivity index (χ0v) is 18.9. The molecule has 1 aromatic carbocycles. The molecule has 8 nitrogen and oxygen atoms in total. The van der Waals surface area contributed by atoms with Gasteiger partial charge in [-0.2, -0.15) is 0 Å². The summed E-state index contributed by atoms with van der Waals surface area (Å²) in [6.07, 6.45) is 4.54. The molecule has 8 heteroatoms. The van der Waals surface area contributed by atoms with Gasteiger partial charge in [-0.3, -0.25) is 4.99 Å². The van der Waals surface area contributed by atoms with Crippen LogP contribution in [0.4, 0.5) is 0 Å². The molecular formula is C22H36N6O2. The minimum absolute atomic E-state index is 0.0570. The predicted octanol–water partition coefficient (Wildman–Crippen LogP) is 3.34. The van der Waals surface area contributed by atoms with Crippen molar-refractivity contribution in [2.45, 2.75) is 59.5 Å². The Hall–Kier alpha value is -2.77.